The minimum Gasteiger partial charge on any atom is -0.492 e. The van der Waals surface area contributed by atoms with E-state index in [1.54, 1.807) is 18.2 Å². The van der Waals surface area contributed by atoms with E-state index in [9.17, 15) is 4.79 Å². The van der Waals surface area contributed by atoms with Crippen molar-refractivity contribution in [2.45, 2.75) is 6.92 Å². The Labute approximate surface area is 139 Å². The molecule has 3 rings (SSSR count). The fourth-order valence-corrected chi connectivity index (χ4v) is 2.27. The first-order valence-corrected chi connectivity index (χ1v) is 7.54. The Morgan fingerprint density at radius 1 is 1.21 bits per heavy atom. The molecule has 24 heavy (non-hydrogen) atoms. The van der Waals surface area contributed by atoms with Gasteiger partial charge in [-0.25, -0.2) is 0 Å². The molecular formula is C17H17N5O2. The molecule has 1 aromatic heterocycles. The van der Waals surface area contributed by atoms with Crippen molar-refractivity contribution in [2.24, 2.45) is 0 Å². The second-order valence-corrected chi connectivity index (χ2v) is 5.19. The Morgan fingerprint density at radius 2 is 2.08 bits per heavy atom. The van der Waals surface area contributed by atoms with E-state index < -0.39 is 0 Å². The van der Waals surface area contributed by atoms with Crippen LogP contribution in [0, 0.1) is 6.92 Å². The molecule has 3 aromatic rings. The third kappa shape index (κ3) is 3.75. The minimum atomic E-state index is -0.200. The molecule has 0 atom stereocenters. The molecule has 0 aliphatic rings. The SMILES string of the molecule is Cc1cccc(OCCNC(=O)c2ccccc2-n2cnnn2)c1. The van der Waals surface area contributed by atoms with Crippen LogP contribution in [0.3, 0.4) is 0 Å². The number of aryl methyl sites for hydroxylation is 1. The lowest BCUT2D eigenvalue weighted by molar-refractivity contribution is 0.0947. The number of carbonyl (C=O) groups is 1. The predicted octanol–water partition coefficient (Wildman–Crippen LogP) is 1.78. The van der Waals surface area contributed by atoms with Crippen molar-refractivity contribution in [1.29, 1.82) is 0 Å². The van der Waals surface area contributed by atoms with Gasteiger partial charge >= 0.3 is 0 Å². The van der Waals surface area contributed by atoms with Crippen LogP contribution in [0.2, 0.25) is 0 Å². The third-order valence-corrected chi connectivity index (χ3v) is 3.39. The molecule has 7 heteroatoms. The molecule has 0 fully saturated rings. The highest BCUT2D eigenvalue weighted by molar-refractivity contribution is 5.97. The summed E-state index contributed by atoms with van der Waals surface area (Å²) in [6, 6.07) is 14.9. The molecule has 0 unspecified atom stereocenters. The van der Waals surface area contributed by atoms with Gasteiger partial charge in [0.1, 0.15) is 18.7 Å². The van der Waals surface area contributed by atoms with Gasteiger partial charge in [-0.05, 0) is 47.2 Å². The second-order valence-electron chi connectivity index (χ2n) is 5.19. The number of amides is 1. The van der Waals surface area contributed by atoms with Crippen molar-refractivity contribution < 1.29 is 9.53 Å². The number of para-hydroxylation sites is 1. The van der Waals surface area contributed by atoms with E-state index in [1.807, 2.05) is 37.3 Å². The summed E-state index contributed by atoms with van der Waals surface area (Å²) in [5.41, 5.74) is 2.26. The second kappa shape index (κ2) is 7.36. The Balaban J connectivity index is 1.58. The van der Waals surface area contributed by atoms with Crippen LogP contribution < -0.4 is 10.1 Å². The smallest absolute Gasteiger partial charge is 0.253 e. The lowest BCUT2D eigenvalue weighted by Crippen LogP contribution is -2.29. The quantitative estimate of drug-likeness (QED) is 0.699. The van der Waals surface area contributed by atoms with Gasteiger partial charge in [0.25, 0.3) is 5.91 Å². The van der Waals surface area contributed by atoms with E-state index in [0.29, 0.717) is 24.4 Å². The first-order chi connectivity index (χ1) is 11.7. The van der Waals surface area contributed by atoms with Gasteiger partial charge in [0.2, 0.25) is 0 Å². The van der Waals surface area contributed by atoms with Gasteiger partial charge in [0.05, 0.1) is 17.8 Å². The van der Waals surface area contributed by atoms with Gasteiger partial charge in [0.15, 0.2) is 0 Å². The summed E-state index contributed by atoms with van der Waals surface area (Å²) in [4.78, 5) is 12.4. The van der Waals surface area contributed by atoms with Crippen molar-refractivity contribution in [1.82, 2.24) is 25.5 Å². The summed E-state index contributed by atoms with van der Waals surface area (Å²) in [6.07, 6.45) is 1.45. The molecule has 0 radical (unpaired) electrons. The van der Waals surface area contributed by atoms with Crippen LogP contribution in [0.4, 0.5) is 0 Å². The molecule has 1 amide bonds. The Kier molecular flexibility index (Phi) is 4.81. The van der Waals surface area contributed by atoms with Crippen LogP contribution in [0.25, 0.3) is 5.69 Å². The van der Waals surface area contributed by atoms with Crippen LogP contribution in [0.15, 0.2) is 54.9 Å². The normalized spacial score (nSPS) is 10.4. The molecule has 2 aromatic carbocycles. The van der Waals surface area contributed by atoms with E-state index in [0.717, 1.165) is 11.3 Å². The number of aromatic nitrogens is 4. The maximum absolute atomic E-state index is 12.4. The molecule has 1 N–H and O–H groups in total. The molecule has 0 saturated carbocycles. The average Bonchev–Trinajstić information content (AvgIpc) is 3.13. The molecule has 0 saturated heterocycles. The Morgan fingerprint density at radius 3 is 2.88 bits per heavy atom. The molecule has 0 spiro atoms. The monoisotopic (exact) mass is 323 g/mol. The molecular weight excluding hydrogens is 306 g/mol. The number of hydrogen-bond acceptors (Lipinski definition) is 5. The van der Waals surface area contributed by atoms with E-state index >= 15 is 0 Å². The number of benzene rings is 2. The van der Waals surface area contributed by atoms with Crippen LogP contribution in [-0.4, -0.2) is 39.3 Å². The van der Waals surface area contributed by atoms with Crippen molar-refractivity contribution in [2.75, 3.05) is 13.2 Å². The van der Waals surface area contributed by atoms with Crippen LogP contribution in [0.5, 0.6) is 5.75 Å². The van der Waals surface area contributed by atoms with Crippen LogP contribution in [0.1, 0.15) is 15.9 Å². The molecule has 7 nitrogen and oxygen atoms in total. The van der Waals surface area contributed by atoms with E-state index in [4.69, 9.17) is 4.74 Å². The zero-order chi connectivity index (χ0) is 16.8. The van der Waals surface area contributed by atoms with Crippen molar-refractivity contribution in [3.63, 3.8) is 0 Å². The minimum absolute atomic E-state index is 0.200. The lowest BCUT2D eigenvalue weighted by atomic mass is 10.1. The number of rotatable bonds is 6. The van der Waals surface area contributed by atoms with Crippen molar-refractivity contribution in [3.8, 4) is 11.4 Å². The number of nitrogens with one attached hydrogen (secondary N) is 1. The van der Waals surface area contributed by atoms with E-state index in [-0.39, 0.29) is 5.91 Å². The molecule has 122 valence electrons. The lowest BCUT2D eigenvalue weighted by Gasteiger charge is -2.10. The highest BCUT2D eigenvalue weighted by atomic mass is 16.5. The standard InChI is InChI=1S/C17H17N5O2/c1-13-5-4-6-14(11-13)24-10-9-18-17(23)15-7-2-3-8-16(15)22-12-19-20-21-22/h2-8,11-12H,9-10H2,1H3,(H,18,23). The fraction of sp³-hybridized carbons (Fsp3) is 0.176. The molecule has 1 heterocycles. The fourth-order valence-electron chi connectivity index (χ4n) is 2.27. The van der Waals surface area contributed by atoms with E-state index in [1.165, 1.54) is 11.0 Å². The van der Waals surface area contributed by atoms with Gasteiger partial charge in [0, 0.05) is 0 Å². The Hall–Kier alpha value is -3.22. The molecule has 0 aliphatic heterocycles. The van der Waals surface area contributed by atoms with Gasteiger partial charge in [-0.1, -0.05) is 24.3 Å². The Bertz CT molecular complexity index is 817. The third-order valence-electron chi connectivity index (χ3n) is 3.39. The van der Waals surface area contributed by atoms with Crippen molar-refractivity contribution >= 4 is 5.91 Å². The van der Waals surface area contributed by atoms with Crippen molar-refractivity contribution in [3.05, 3.63) is 66.0 Å². The largest absolute Gasteiger partial charge is 0.492 e. The van der Waals surface area contributed by atoms with Gasteiger partial charge in [-0.2, -0.15) is 4.68 Å². The van der Waals surface area contributed by atoms with Gasteiger partial charge < -0.3 is 10.1 Å². The van der Waals surface area contributed by atoms with Crippen LogP contribution >= 0.6 is 0 Å². The number of ether oxygens (including phenoxy) is 1. The zero-order valence-corrected chi connectivity index (χ0v) is 13.2. The maximum Gasteiger partial charge on any atom is 0.253 e. The summed E-state index contributed by atoms with van der Waals surface area (Å²) in [5.74, 6) is 0.590. The highest BCUT2D eigenvalue weighted by Crippen LogP contribution is 2.13. The molecule has 0 bridgehead atoms. The first-order valence-electron chi connectivity index (χ1n) is 7.54. The summed E-state index contributed by atoms with van der Waals surface area (Å²) >= 11 is 0. The summed E-state index contributed by atoms with van der Waals surface area (Å²) in [5, 5.41) is 13.9. The highest BCUT2D eigenvalue weighted by Gasteiger charge is 2.12. The van der Waals surface area contributed by atoms with E-state index in [2.05, 4.69) is 20.8 Å². The zero-order valence-electron chi connectivity index (χ0n) is 13.2. The first kappa shape index (κ1) is 15.7. The summed E-state index contributed by atoms with van der Waals surface area (Å²) in [7, 11) is 0. The van der Waals surface area contributed by atoms with Crippen LogP contribution in [-0.2, 0) is 0 Å². The number of tetrazole rings is 1. The van der Waals surface area contributed by atoms with Gasteiger partial charge in [-0.3, -0.25) is 4.79 Å². The maximum atomic E-state index is 12.4. The van der Waals surface area contributed by atoms with Gasteiger partial charge in [-0.15, -0.1) is 5.10 Å². The molecule has 0 aliphatic carbocycles. The number of hydrogen-bond donors (Lipinski definition) is 1. The summed E-state index contributed by atoms with van der Waals surface area (Å²) < 4.78 is 7.08. The average molecular weight is 323 g/mol. The predicted molar refractivity (Wildman–Crippen MR) is 88.2 cm³/mol. The number of carbonyl (C=O) groups excluding carboxylic acids is 1. The topological polar surface area (TPSA) is 81.9 Å². The number of nitrogens with zero attached hydrogens (tertiary/aromatic N) is 4. The summed E-state index contributed by atoms with van der Waals surface area (Å²) in [6.45, 7) is 2.80.